The highest BCUT2D eigenvalue weighted by molar-refractivity contribution is 5.14. The Morgan fingerprint density at radius 2 is 2.00 bits per heavy atom. The first-order valence-electron chi connectivity index (χ1n) is 5.73. The summed E-state index contributed by atoms with van der Waals surface area (Å²) in [6, 6.07) is 5.25. The monoisotopic (exact) mass is 205 g/mol. The van der Waals surface area contributed by atoms with Crippen LogP contribution in [0.5, 0.6) is 0 Å². The molecule has 1 saturated heterocycles. The Hall–Kier alpha value is -0.930. The summed E-state index contributed by atoms with van der Waals surface area (Å²) in [6.07, 6.45) is 6.18. The van der Waals surface area contributed by atoms with Crippen LogP contribution >= 0.6 is 0 Å². The Morgan fingerprint density at radius 3 is 2.67 bits per heavy atom. The first kappa shape index (κ1) is 10.6. The van der Waals surface area contributed by atoms with E-state index in [0.717, 1.165) is 13.1 Å². The number of hydrogen-bond acceptors (Lipinski definition) is 3. The fourth-order valence-corrected chi connectivity index (χ4v) is 2.09. The van der Waals surface area contributed by atoms with Crippen molar-refractivity contribution in [3.05, 3.63) is 30.1 Å². The predicted molar refractivity (Wildman–Crippen MR) is 61.7 cm³/mol. The van der Waals surface area contributed by atoms with Crippen LogP contribution in [0.4, 0.5) is 0 Å². The van der Waals surface area contributed by atoms with Gasteiger partial charge in [0.25, 0.3) is 0 Å². The van der Waals surface area contributed by atoms with E-state index in [0.29, 0.717) is 12.1 Å². The van der Waals surface area contributed by atoms with Crippen LogP contribution in [-0.4, -0.2) is 24.1 Å². The summed E-state index contributed by atoms with van der Waals surface area (Å²) in [5.74, 6) is 0. The third-order valence-electron chi connectivity index (χ3n) is 3.03. The lowest BCUT2D eigenvalue weighted by atomic mass is 10.0. The number of aromatic nitrogens is 1. The molecule has 2 rings (SSSR count). The zero-order valence-corrected chi connectivity index (χ0v) is 9.24. The van der Waals surface area contributed by atoms with Crippen molar-refractivity contribution < 1.29 is 0 Å². The zero-order chi connectivity index (χ0) is 10.5. The summed E-state index contributed by atoms with van der Waals surface area (Å²) in [7, 11) is 0. The molecule has 3 nitrogen and oxygen atoms in total. The van der Waals surface area contributed by atoms with E-state index in [2.05, 4.69) is 34.7 Å². The van der Waals surface area contributed by atoms with Gasteiger partial charge in [0.05, 0.1) is 0 Å². The Labute approximate surface area is 91.3 Å². The Balaban J connectivity index is 1.88. The largest absolute Gasteiger partial charge is 0.317 e. The van der Waals surface area contributed by atoms with E-state index in [1.54, 1.807) is 0 Å². The van der Waals surface area contributed by atoms with E-state index in [1.165, 1.54) is 18.4 Å². The maximum Gasteiger partial charge on any atom is 0.0295 e. The van der Waals surface area contributed by atoms with Gasteiger partial charge in [0.2, 0.25) is 0 Å². The van der Waals surface area contributed by atoms with Crippen molar-refractivity contribution in [1.82, 2.24) is 15.6 Å². The molecule has 0 bridgehead atoms. The van der Waals surface area contributed by atoms with Crippen molar-refractivity contribution in [2.45, 2.75) is 31.8 Å². The van der Waals surface area contributed by atoms with Gasteiger partial charge in [0.15, 0.2) is 0 Å². The molecule has 1 atom stereocenters. The molecule has 1 fully saturated rings. The number of nitrogens with zero attached hydrogens (tertiary/aromatic N) is 1. The van der Waals surface area contributed by atoms with E-state index in [-0.39, 0.29) is 0 Å². The van der Waals surface area contributed by atoms with Crippen molar-refractivity contribution in [1.29, 1.82) is 0 Å². The van der Waals surface area contributed by atoms with Crippen molar-refractivity contribution >= 4 is 0 Å². The molecule has 0 radical (unpaired) electrons. The number of nitrogens with one attached hydrogen (secondary N) is 2. The summed E-state index contributed by atoms with van der Waals surface area (Å²) in [4.78, 5) is 4.04. The SMILES string of the molecule is C[C@H](NC1CCNCC1)c1ccncc1. The van der Waals surface area contributed by atoms with Crippen molar-refractivity contribution in [2.75, 3.05) is 13.1 Å². The Bertz CT molecular complexity index is 280. The summed E-state index contributed by atoms with van der Waals surface area (Å²) in [6.45, 7) is 4.50. The highest BCUT2D eigenvalue weighted by Crippen LogP contribution is 2.14. The number of rotatable bonds is 3. The fourth-order valence-electron chi connectivity index (χ4n) is 2.09. The molecule has 0 unspecified atom stereocenters. The normalized spacial score (nSPS) is 20.1. The van der Waals surface area contributed by atoms with Crippen molar-refractivity contribution in [2.24, 2.45) is 0 Å². The molecular formula is C12H19N3. The summed E-state index contributed by atoms with van der Waals surface area (Å²) in [5.41, 5.74) is 1.32. The minimum Gasteiger partial charge on any atom is -0.317 e. The minimum atomic E-state index is 0.427. The smallest absolute Gasteiger partial charge is 0.0295 e. The van der Waals surface area contributed by atoms with Gasteiger partial charge in [0.1, 0.15) is 0 Å². The first-order chi connectivity index (χ1) is 7.36. The topological polar surface area (TPSA) is 37.0 Å². The van der Waals surface area contributed by atoms with Crippen LogP contribution < -0.4 is 10.6 Å². The summed E-state index contributed by atoms with van der Waals surface area (Å²) >= 11 is 0. The Morgan fingerprint density at radius 1 is 1.33 bits per heavy atom. The highest BCUT2D eigenvalue weighted by Gasteiger charge is 2.15. The molecule has 1 aromatic heterocycles. The molecule has 1 aliphatic heterocycles. The second-order valence-electron chi connectivity index (χ2n) is 4.19. The van der Waals surface area contributed by atoms with Crippen LogP contribution in [0.25, 0.3) is 0 Å². The maximum atomic E-state index is 4.04. The van der Waals surface area contributed by atoms with Crippen LogP contribution in [0.15, 0.2) is 24.5 Å². The quantitative estimate of drug-likeness (QED) is 0.785. The van der Waals surface area contributed by atoms with Gasteiger partial charge >= 0.3 is 0 Å². The van der Waals surface area contributed by atoms with Crippen molar-refractivity contribution in [3.63, 3.8) is 0 Å². The molecule has 0 spiro atoms. The third-order valence-corrected chi connectivity index (χ3v) is 3.03. The van der Waals surface area contributed by atoms with E-state index in [9.17, 15) is 0 Å². The van der Waals surface area contributed by atoms with Crippen molar-refractivity contribution in [3.8, 4) is 0 Å². The van der Waals surface area contributed by atoms with Gasteiger partial charge in [-0.05, 0) is 50.6 Å². The highest BCUT2D eigenvalue weighted by atomic mass is 15.0. The van der Waals surface area contributed by atoms with E-state index < -0.39 is 0 Å². The lowest BCUT2D eigenvalue weighted by molar-refractivity contribution is 0.359. The lowest BCUT2D eigenvalue weighted by Gasteiger charge is -2.27. The van der Waals surface area contributed by atoms with Gasteiger partial charge in [-0.1, -0.05) is 0 Å². The molecule has 1 aliphatic rings. The van der Waals surface area contributed by atoms with Crippen LogP contribution in [0.3, 0.4) is 0 Å². The summed E-state index contributed by atoms with van der Waals surface area (Å²) in [5, 5.41) is 7.05. The molecule has 2 heterocycles. The molecule has 1 aromatic rings. The van der Waals surface area contributed by atoms with Crippen LogP contribution in [0.1, 0.15) is 31.4 Å². The average molecular weight is 205 g/mol. The Kier molecular flexibility index (Phi) is 3.69. The fraction of sp³-hybridized carbons (Fsp3) is 0.583. The second kappa shape index (κ2) is 5.24. The number of piperidine rings is 1. The van der Waals surface area contributed by atoms with Gasteiger partial charge in [-0.2, -0.15) is 0 Å². The molecule has 0 amide bonds. The standard InChI is InChI=1S/C12H19N3/c1-10(11-2-6-13-7-3-11)15-12-4-8-14-9-5-12/h2-3,6-7,10,12,14-15H,4-5,8-9H2,1H3/t10-/m0/s1. The van der Waals surface area contributed by atoms with Gasteiger partial charge in [0, 0.05) is 24.5 Å². The predicted octanol–water partition coefficient (Wildman–Crippen LogP) is 1.48. The van der Waals surface area contributed by atoms with Gasteiger partial charge in [-0.25, -0.2) is 0 Å². The second-order valence-corrected chi connectivity index (χ2v) is 4.19. The molecule has 0 aliphatic carbocycles. The van der Waals surface area contributed by atoms with Crippen LogP contribution in [0, 0.1) is 0 Å². The lowest BCUT2D eigenvalue weighted by Crippen LogP contribution is -2.40. The van der Waals surface area contributed by atoms with Crippen LogP contribution in [0.2, 0.25) is 0 Å². The minimum absolute atomic E-state index is 0.427. The molecular weight excluding hydrogens is 186 g/mol. The molecule has 0 aromatic carbocycles. The first-order valence-corrected chi connectivity index (χ1v) is 5.73. The van der Waals surface area contributed by atoms with Gasteiger partial charge < -0.3 is 10.6 Å². The van der Waals surface area contributed by atoms with Gasteiger partial charge in [-0.15, -0.1) is 0 Å². The molecule has 0 saturated carbocycles. The average Bonchev–Trinajstić information content (AvgIpc) is 2.31. The number of pyridine rings is 1. The maximum absolute atomic E-state index is 4.04. The zero-order valence-electron chi connectivity index (χ0n) is 9.24. The molecule has 2 N–H and O–H groups in total. The molecule has 3 heteroatoms. The van der Waals surface area contributed by atoms with E-state index in [4.69, 9.17) is 0 Å². The number of hydrogen-bond donors (Lipinski definition) is 2. The summed E-state index contributed by atoms with van der Waals surface area (Å²) < 4.78 is 0. The van der Waals surface area contributed by atoms with E-state index >= 15 is 0 Å². The van der Waals surface area contributed by atoms with E-state index in [1.807, 2.05) is 12.4 Å². The van der Waals surface area contributed by atoms with Crippen LogP contribution in [-0.2, 0) is 0 Å². The molecule has 15 heavy (non-hydrogen) atoms. The molecule has 82 valence electrons. The van der Waals surface area contributed by atoms with Gasteiger partial charge in [-0.3, -0.25) is 4.98 Å². The third kappa shape index (κ3) is 3.01.